The van der Waals surface area contributed by atoms with Crippen molar-refractivity contribution in [3.63, 3.8) is 0 Å². The van der Waals surface area contributed by atoms with Crippen LogP contribution in [0, 0.1) is 6.92 Å². The summed E-state index contributed by atoms with van der Waals surface area (Å²) < 4.78 is 57.7. The topological polar surface area (TPSA) is 40.1 Å². The van der Waals surface area contributed by atoms with Gasteiger partial charge in [0.25, 0.3) is 0 Å². The Bertz CT molecular complexity index is 373. The monoisotopic (exact) mass is 223 g/mol. The standard InChI is InChI=1S/C8H7F3O2S/c1-5-2-3-6(14(12)13)4-7(5)8(9,10)11/h2-4H,1H3,(H,12,13)/p-1. The molecule has 0 saturated heterocycles. The normalized spacial score (nSPS) is 14.1. The van der Waals surface area contributed by atoms with E-state index in [-0.39, 0.29) is 10.5 Å². The lowest BCUT2D eigenvalue weighted by atomic mass is 10.1. The molecular weight excluding hydrogens is 217 g/mol. The molecule has 1 aromatic carbocycles. The summed E-state index contributed by atoms with van der Waals surface area (Å²) >= 11 is -2.63. The van der Waals surface area contributed by atoms with Gasteiger partial charge in [0.15, 0.2) is 0 Å². The minimum absolute atomic E-state index is 0.00620. The Kier molecular flexibility index (Phi) is 2.96. The number of hydrogen-bond donors (Lipinski definition) is 0. The molecule has 1 unspecified atom stereocenters. The predicted molar refractivity (Wildman–Crippen MR) is 43.4 cm³/mol. The van der Waals surface area contributed by atoms with E-state index in [1.165, 1.54) is 6.92 Å². The zero-order valence-electron chi connectivity index (χ0n) is 7.09. The van der Waals surface area contributed by atoms with Gasteiger partial charge >= 0.3 is 6.18 Å². The molecule has 0 heterocycles. The molecule has 1 aromatic rings. The van der Waals surface area contributed by atoms with E-state index in [1.54, 1.807) is 0 Å². The van der Waals surface area contributed by atoms with Crippen LogP contribution in [-0.2, 0) is 17.3 Å². The van der Waals surface area contributed by atoms with E-state index < -0.39 is 22.8 Å². The highest BCUT2D eigenvalue weighted by atomic mass is 32.2. The van der Waals surface area contributed by atoms with Crippen LogP contribution in [0.2, 0.25) is 0 Å². The van der Waals surface area contributed by atoms with Gasteiger partial charge in [-0.15, -0.1) is 0 Å². The van der Waals surface area contributed by atoms with Gasteiger partial charge < -0.3 is 4.55 Å². The van der Waals surface area contributed by atoms with Gasteiger partial charge in [0.2, 0.25) is 0 Å². The van der Waals surface area contributed by atoms with Gasteiger partial charge in [-0.25, -0.2) is 0 Å². The van der Waals surface area contributed by atoms with Crippen LogP contribution >= 0.6 is 0 Å². The molecule has 2 nitrogen and oxygen atoms in total. The second-order valence-corrected chi connectivity index (χ2v) is 3.65. The van der Waals surface area contributed by atoms with Crippen LogP contribution in [0.15, 0.2) is 23.1 Å². The molecule has 0 radical (unpaired) electrons. The highest BCUT2D eigenvalue weighted by molar-refractivity contribution is 7.79. The van der Waals surface area contributed by atoms with Crippen molar-refractivity contribution in [1.29, 1.82) is 0 Å². The second-order valence-electron chi connectivity index (χ2n) is 2.71. The molecule has 78 valence electrons. The van der Waals surface area contributed by atoms with Gasteiger partial charge in [-0.1, -0.05) is 6.07 Å². The van der Waals surface area contributed by atoms with E-state index in [9.17, 15) is 21.9 Å². The predicted octanol–water partition coefficient (Wildman–Crippen LogP) is 2.25. The zero-order valence-corrected chi connectivity index (χ0v) is 7.91. The number of halogens is 3. The first kappa shape index (κ1) is 11.2. The molecule has 0 bridgehead atoms. The van der Waals surface area contributed by atoms with E-state index >= 15 is 0 Å². The zero-order chi connectivity index (χ0) is 10.9. The Morgan fingerprint density at radius 2 is 1.93 bits per heavy atom. The molecule has 0 amide bonds. The summed E-state index contributed by atoms with van der Waals surface area (Å²) in [5.41, 5.74) is -0.911. The smallest absolute Gasteiger partial charge is 0.416 e. The average molecular weight is 223 g/mol. The first-order valence-corrected chi connectivity index (χ1v) is 4.67. The van der Waals surface area contributed by atoms with Crippen LogP contribution in [0.4, 0.5) is 13.2 Å². The molecule has 14 heavy (non-hydrogen) atoms. The van der Waals surface area contributed by atoms with E-state index in [4.69, 9.17) is 0 Å². The third-order valence-corrected chi connectivity index (χ3v) is 2.35. The third-order valence-electron chi connectivity index (χ3n) is 1.71. The van der Waals surface area contributed by atoms with Crippen molar-refractivity contribution in [2.24, 2.45) is 0 Å². The number of benzene rings is 1. The summed E-state index contributed by atoms with van der Waals surface area (Å²) in [4.78, 5) is -0.358. The second kappa shape index (κ2) is 3.70. The van der Waals surface area contributed by atoms with Gasteiger partial charge in [-0.2, -0.15) is 13.2 Å². The van der Waals surface area contributed by atoms with Crippen molar-refractivity contribution in [3.05, 3.63) is 29.3 Å². The van der Waals surface area contributed by atoms with Crippen LogP contribution in [0.3, 0.4) is 0 Å². The maximum atomic E-state index is 12.3. The van der Waals surface area contributed by atoms with Gasteiger partial charge in [-0.3, -0.25) is 4.21 Å². The molecule has 0 aliphatic carbocycles. The van der Waals surface area contributed by atoms with Crippen molar-refractivity contribution < 1.29 is 21.9 Å². The molecule has 0 aliphatic heterocycles. The lowest BCUT2D eigenvalue weighted by Gasteiger charge is -2.12. The van der Waals surface area contributed by atoms with Crippen LogP contribution < -0.4 is 0 Å². The van der Waals surface area contributed by atoms with Crippen molar-refractivity contribution in [2.75, 3.05) is 0 Å². The Morgan fingerprint density at radius 3 is 2.36 bits per heavy atom. The molecular formula is C8H6F3O2S-. The Hall–Kier alpha value is -0.880. The van der Waals surface area contributed by atoms with E-state index in [0.29, 0.717) is 6.07 Å². The van der Waals surface area contributed by atoms with Crippen molar-refractivity contribution in [1.82, 2.24) is 0 Å². The fourth-order valence-electron chi connectivity index (χ4n) is 1.01. The lowest BCUT2D eigenvalue weighted by Crippen LogP contribution is -2.08. The van der Waals surface area contributed by atoms with Gasteiger partial charge in [0.05, 0.1) is 5.56 Å². The number of rotatable bonds is 1. The summed E-state index contributed by atoms with van der Waals surface area (Å²) in [5.74, 6) is 0. The first-order valence-electron chi connectivity index (χ1n) is 3.59. The minimum atomic E-state index is -4.51. The minimum Gasteiger partial charge on any atom is -0.768 e. The average Bonchev–Trinajstić information content (AvgIpc) is 2.02. The fourth-order valence-corrected chi connectivity index (χ4v) is 1.40. The lowest BCUT2D eigenvalue weighted by molar-refractivity contribution is -0.138. The molecule has 0 spiro atoms. The van der Waals surface area contributed by atoms with Crippen molar-refractivity contribution in [2.45, 2.75) is 18.0 Å². The summed E-state index contributed by atoms with van der Waals surface area (Å²) in [6.45, 7) is 1.28. The van der Waals surface area contributed by atoms with E-state index in [2.05, 4.69) is 0 Å². The summed E-state index contributed by atoms with van der Waals surface area (Å²) in [6, 6.07) is 2.89. The van der Waals surface area contributed by atoms with Crippen LogP contribution in [0.5, 0.6) is 0 Å². The molecule has 1 atom stereocenters. The summed E-state index contributed by atoms with van der Waals surface area (Å²) in [5, 5.41) is 0. The van der Waals surface area contributed by atoms with Gasteiger partial charge in [0.1, 0.15) is 0 Å². The molecule has 6 heteroatoms. The van der Waals surface area contributed by atoms with Gasteiger partial charge in [0, 0.05) is 4.90 Å². The fraction of sp³-hybridized carbons (Fsp3) is 0.250. The summed E-state index contributed by atoms with van der Waals surface area (Å²) in [7, 11) is 0. The van der Waals surface area contributed by atoms with Crippen molar-refractivity contribution in [3.8, 4) is 0 Å². The third kappa shape index (κ3) is 2.33. The number of aryl methyl sites for hydroxylation is 1. The Labute approximate surface area is 81.0 Å². The quantitative estimate of drug-likeness (QED) is 0.685. The highest BCUT2D eigenvalue weighted by Crippen LogP contribution is 2.32. The van der Waals surface area contributed by atoms with Crippen LogP contribution in [0.25, 0.3) is 0 Å². The Morgan fingerprint density at radius 1 is 1.36 bits per heavy atom. The van der Waals surface area contributed by atoms with E-state index in [1.807, 2.05) is 0 Å². The SMILES string of the molecule is Cc1ccc(S(=O)[O-])cc1C(F)(F)F. The van der Waals surface area contributed by atoms with E-state index in [0.717, 1.165) is 12.1 Å². The largest absolute Gasteiger partial charge is 0.768 e. The molecule has 1 rings (SSSR count). The van der Waals surface area contributed by atoms with Crippen molar-refractivity contribution >= 4 is 11.1 Å². The molecule has 0 saturated carbocycles. The molecule has 0 aromatic heterocycles. The maximum Gasteiger partial charge on any atom is 0.416 e. The highest BCUT2D eigenvalue weighted by Gasteiger charge is 2.32. The number of hydrogen-bond acceptors (Lipinski definition) is 2. The maximum absolute atomic E-state index is 12.3. The molecule has 0 N–H and O–H groups in total. The molecule has 0 fully saturated rings. The van der Waals surface area contributed by atoms with Crippen LogP contribution in [0.1, 0.15) is 11.1 Å². The van der Waals surface area contributed by atoms with Crippen LogP contribution in [-0.4, -0.2) is 8.76 Å². The molecule has 0 aliphatic rings. The number of alkyl halides is 3. The first-order chi connectivity index (χ1) is 6.32. The summed E-state index contributed by atoms with van der Waals surface area (Å²) in [6.07, 6.45) is -4.51. The van der Waals surface area contributed by atoms with Gasteiger partial charge in [-0.05, 0) is 35.7 Å². The Balaban J connectivity index is 3.29.